The van der Waals surface area contributed by atoms with Gasteiger partial charge in [-0.05, 0) is 36.3 Å². The van der Waals surface area contributed by atoms with Gasteiger partial charge < -0.3 is 5.32 Å². The third-order valence-electron chi connectivity index (χ3n) is 3.65. The summed E-state index contributed by atoms with van der Waals surface area (Å²) in [6.45, 7) is 4.01. The van der Waals surface area contributed by atoms with Gasteiger partial charge in [-0.15, -0.1) is 10.2 Å². The highest BCUT2D eigenvalue weighted by atomic mass is 16.2. The molecule has 0 aliphatic heterocycles. The molecule has 0 aliphatic carbocycles. The number of rotatable bonds is 4. The number of hydrogen-bond acceptors (Lipinski definition) is 4. The predicted molar refractivity (Wildman–Crippen MR) is 87.8 cm³/mol. The number of carbonyl (C=O) groups excluding carboxylic acids is 1. The summed E-state index contributed by atoms with van der Waals surface area (Å²) < 4.78 is 0. The first kappa shape index (κ1) is 14.9. The number of carbonyl (C=O) groups is 1. The second-order valence-corrected chi connectivity index (χ2v) is 5.31. The first-order valence-corrected chi connectivity index (χ1v) is 7.33. The highest BCUT2D eigenvalue weighted by Crippen LogP contribution is 2.18. The van der Waals surface area contributed by atoms with Crippen LogP contribution >= 0.6 is 0 Å². The van der Waals surface area contributed by atoms with Crippen LogP contribution in [0.1, 0.15) is 11.1 Å². The number of amides is 1. The van der Waals surface area contributed by atoms with Gasteiger partial charge in [-0.2, -0.15) is 4.80 Å². The molecule has 0 saturated carbocycles. The molecule has 6 heteroatoms. The van der Waals surface area contributed by atoms with Crippen molar-refractivity contribution < 1.29 is 4.79 Å². The maximum Gasteiger partial charge on any atom is 0.248 e. The third-order valence-corrected chi connectivity index (χ3v) is 3.65. The molecule has 3 rings (SSSR count). The van der Waals surface area contributed by atoms with Crippen LogP contribution in [-0.4, -0.2) is 26.1 Å². The Hall–Kier alpha value is -3.02. The Morgan fingerprint density at radius 2 is 1.87 bits per heavy atom. The largest absolute Gasteiger partial charge is 0.324 e. The van der Waals surface area contributed by atoms with Gasteiger partial charge in [0.05, 0.1) is 0 Å². The summed E-state index contributed by atoms with van der Waals surface area (Å²) in [6, 6.07) is 15.3. The predicted octanol–water partition coefficient (Wildman–Crippen LogP) is 2.60. The molecular weight excluding hydrogens is 290 g/mol. The minimum absolute atomic E-state index is 0.0210. The average molecular weight is 307 g/mol. The summed E-state index contributed by atoms with van der Waals surface area (Å²) in [4.78, 5) is 13.4. The minimum atomic E-state index is -0.185. The molecule has 6 nitrogen and oxygen atoms in total. The highest BCUT2D eigenvalue weighted by molar-refractivity contribution is 5.91. The highest BCUT2D eigenvalue weighted by Gasteiger charge is 2.10. The quantitative estimate of drug-likeness (QED) is 0.804. The summed E-state index contributed by atoms with van der Waals surface area (Å²) in [5.41, 5.74) is 3.86. The molecule has 0 unspecified atom stereocenters. The van der Waals surface area contributed by atoms with Crippen LogP contribution in [-0.2, 0) is 11.3 Å². The molecule has 23 heavy (non-hydrogen) atoms. The van der Waals surface area contributed by atoms with Crippen LogP contribution in [0.25, 0.3) is 11.4 Å². The number of hydrogen-bond donors (Lipinski definition) is 1. The van der Waals surface area contributed by atoms with E-state index in [0.29, 0.717) is 5.82 Å². The van der Waals surface area contributed by atoms with Gasteiger partial charge in [0.1, 0.15) is 6.54 Å². The number of nitrogens with zero attached hydrogens (tertiary/aromatic N) is 4. The monoisotopic (exact) mass is 307 g/mol. The van der Waals surface area contributed by atoms with Gasteiger partial charge in [-0.1, -0.05) is 42.5 Å². The van der Waals surface area contributed by atoms with E-state index in [1.165, 1.54) is 4.80 Å². The minimum Gasteiger partial charge on any atom is -0.324 e. The van der Waals surface area contributed by atoms with E-state index in [0.717, 1.165) is 22.4 Å². The van der Waals surface area contributed by atoms with Crippen molar-refractivity contribution in [2.45, 2.75) is 20.4 Å². The molecule has 3 aromatic rings. The van der Waals surface area contributed by atoms with E-state index < -0.39 is 0 Å². The number of nitrogens with one attached hydrogen (secondary N) is 1. The molecule has 0 radical (unpaired) electrons. The van der Waals surface area contributed by atoms with Gasteiger partial charge in [0.25, 0.3) is 0 Å². The molecule has 0 aliphatic rings. The number of aromatic nitrogens is 4. The number of tetrazole rings is 1. The Morgan fingerprint density at radius 1 is 1.09 bits per heavy atom. The van der Waals surface area contributed by atoms with E-state index in [2.05, 4.69) is 20.7 Å². The van der Waals surface area contributed by atoms with Gasteiger partial charge in [0.2, 0.25) is 11.7 Å². The van der Waals surface area contributed by atoms with Gasteiger partial charge in [-0.3, -0.25) is 4.79 Å². The lowest BCUT2D eigenvalue weighted by Crippen LogP contribution is -2.21. The third kappa shape index (κ3) is 3.42. The van der Waals surface area contributed by atoms with E-state index >= 15 is 0 Å². The van der Waals surface area contributed by atoms with Crippen LogP contribution in [0.4, 0.5) is 5.69 Å². The van der Waals surface area contributed by atoms with Crippen LogP contribution in [0.2, 0.25) is 0 Å². The van der Waals surface area contributed by atoms with Crippen LogP contribution in [0.15, 0.2) is 48.5 Å². The van der Waals surface area contributed by atoms with Crippen LogP contribution < -0.4 is 5.32 Å². The Labute approximate surface area is 134 Å². The van der Waals surface area contributed by atoms with E-state index in [9.17, 15) is 4.79 Å². The fourth-order valence-electron chi connectivity index (χ4n) is 2.22. The van der Waals surface area contributed by atoms with Gasteiger partial charge in [0.15, 0.2) is 0 Å². The van der Waals surface area contributed by atoms with Crippen LogP contribution in [0.3, 0.4) is 0 Å². The second kappa shape index (κ2) is 6.39. The molecule has 1 amide bonds. The lowest BCUT2D eigenvalue weighted by Gasteiger charge is -2.09. The van der Waals surface area contributed by atoms with Crippen molar-refractivity contribution in [1.29, 1.82) is 0 Å². The summed E-state index contributed by atoms with van der Waals surface area (Å²) >= 11 is 0. The van der Waals surface area contributed by atoms with E-state index in [4.69, 9.17) is 0 Å². The zero-order valence-electron chi connectivity index (χ0n) is 13.0. The topological polar surface area (TPSA) is 72.7 Å². The van der Waals surface area contributed by atoms with Crippen LogP contribution in [0.5, 0.6) is 0 Å². The van der Waals surface area contributed by atoms with Crippen molar-refractivity contribution in [2.75, 3.05) is 5.32 Å². The molecule has 0 spiro atoms. The number of aryl methyl sites for hydroxylation is 1. The summed E-state index contributed by atoms with van der Waals surface area (Å²) in [5, 5.41) is 15.0. The standard InChI is InChI=1S/C17H17N5O/c1-12-7-6-10-15(13(12)2)18-16(23)11-22-20-17(19-21-22)14-8-4-3-5-9-14/h3-10H,11H2,1-2H3,(H,18,23). The Bertz CT molecular complexity index is 826. The van der Waals surface area contributed by atoms with Crippen molar-refractivity contribution in [3.05, 3.63) is 59.7 Å². The zero-order chi connectivity index (χ0) is 16.2. The molecule has 0 saturated heterocycles. The fraction of sp³-hybridized carbons (Fsp3) is 0.176. The van der Waals surface area contributed by atoms with Crippen molar-refractivity contribution in [2.24, 2.45) is 0 Å². The zero-order valence-corrected chi connectivity index (χ0v) is 13.0. The normalized spacial score (nSPS) is 10.5. The Kier molecular flexibility index (Phi) is 4.14. The number of benzene rings is 2. The molecular formula is C17H17N5O. The first-order chi connectivity index (χ1) is 11.1. The van der Waals surface area contributed by atoms with E-state index in [1.807, 2.05) is 62.4 Å². The summed E-state index contributed by atoms with van der Waals surface area (Å²) in [7, 11) is 0. The molecule has 116 valence electrons. The maximum atomic E-state index is 12.2. The second-order valence-electron chi connectivity index (χ2n) is 5.31. The van der Waals surface area contributed by atoms with E-state index in [1.54, 1.807) is 0 Å². The summed E-state index contributed by atoms with van der Waals surface area (Å²) in [6.07, 6.45) is 0. The average Bonchev–Trinajstić information content (AvgIpc) is 3.01. The lowest BCUT2D eigenvalue weighted by molar-refractivity contribution is -0.117. The molecule has 2 aromatic carbocycles. The molecule has 0 atom stereocenters. The molecule has 1 aromatic heterocycles. The molecule has 0 fully saturated rings. The Balaban J connectivity index is 1.69. The Morgan fingerprint density at radius 3 is 2.65 bits per heavy atom. The fourth-order valence-corrected chi connectivity index (χ4v) is 2.22. The first-order valence-electron chi connectivity index (χ1n) is 7.33. The van der Waals surface area contributed by atoms with Crippen molar-refractivity contribution in [3.8, 4) is 11.4 Å². The SMILES string of the molecule is Cc1cccc(NC(=O)Cn2nnc(-c3ccccc3)n2)c1C. The van der Waals surface area contributed by atoms with Crippen molar-refractivity contribution in [3.63, 3.8) is 0 Å². The molecule has 1 N–H and O–H groups in total. The lowest BCUT2D eigenvalue weighted by atomic mass is 10.1. The molecule has 0 bridgehead atoms. The van der Waals surface area contributed by atoms with E-state index in [-0.39, 0.29) is 12.5 Å². The van der Waals surface area contributed by atoms with Crippen molar-refractivity contribution in [1.82, 2.24) is 20.2 Å². The summed E-state index contributed by atoms with van der Waals surface area (Å²) in [5.74, 6) is 0.320. The van der Waals surface area contributed by atoms with Crippen molar-refractivity contribution >= 4 is 11.6 Å². The maximum absolute atomic E-state index is 12.2. The molecule has 1 heterocycles. The van der Waals surface area contributed by atoms with Gasteiger partial charge in [0, 0.05) is 11.3 Å². The number of anilines is 1. The van der Waals surface area contributed by atoms with Gasteiger partial charge in [-0.25, -0.2) is 0 Å². The van der Waals surface area contributed by atoms with Crippen LogP contribution in [0, 0.1) is 13.8 Å². The smallest absolute Gasteiger partial charge is 0.248 e. The van der Waals surface area contributed by atoms with Gasteiger partial charge >= 0.3 is 0 Å².